The lowest BCUT2D eigenvalue weighted by atomic mass is 9.91. The number of carbonyl (C=O) groups excluding carboxylic acids is 1. The molecule has 88 valence electrons. The maximum absolute atomic E-state index is 12.1. The van der Waals surface area contributed by atoms with Gasteiger partial charge in [-0.05, 0) is 52.1 Å². The number of Topliss-reactive ketones (excluding diaryl/α,β-unsaturated/α-hetero) is 1. The maximum Gasteiger partial charge on any atom is 0.152 e. The standard InChI is InChI=1S/C13H25NO/c1-11(2)7-8-12(15)13(3,4)14-9-5-6-10-14/h11H,5-10H2,1-4H3. The number of hydrogen-bond acceptors (Lipinski definition) is 2. The summed E-state index contributed by atoms with van der Waals surface area (Å²) in [6, 6.07) is 0. The van der Waals surface area contributed by atoms with Gasteiger partial charge in [0, 0.05) is 6.42 Å². The molecule has 0 atom stereocenters. The van der Waals surface area contributed by atoms with Crippen molar-refractivity contribution in [3.05, 3.63) is 0 Å². The zero-order valence-electron chi connectivity index (χ0n) is 10.7. The van der Waals surface area contributed by atoms with Crippen LogP contribution in [-0.2, 0) is 4.79 Å². The Morgan fingerprint density at radius 2 is 1.80 bits per heavy atom. The Hall–Kier alpha value is -0.370. The van der Waals surface area contributed by atoms with Crippen molar-refractivity contribution in [1.82, 2.24) is 4.90 Å². The Balaban J connectivity index is 2.48. The summed E-state index contributed by atoms with van der Waals surface area (Å²) in [5, 5.41) is 0. The van der Waals surface area contributed by atoms with Crippen LogP contribution in [0.25, 0.3) is 0 Å². The molecule has 0 spiro atoms. The van der Waals surface area contributed by atoms with E-state index in [0.717, 1.165) is 25.9 Å². The molecule has 1 saturated heterocycles. The molecule has 0 amide bonds. The minimum absolute atomic E-state index is 0.231. The molecule has 0 aliphatic carbocycles. The SMILES string of the molecule is CC(C)CCC(=O)C(C)(C)N1CCCC1. The second kappa shape index (κ2) is 5.11. The lowest BCUT2D eigenvalue weighted by molar-refractivity contribution is -0.129. The highest BCUT2D eigenvalue weighted by Gasteiger charge is 2.34. The van der Waals surface area contributed by atoms with Gasteiger partial charge in [0.25, 0.3) is 0 Å². The summed E-state index contributed by atoms with van der Waals surface area (Å²) in [5.74, 6) is 1.04. The smallest absolute Gasteiger partial charge is 0.152 e. The fourth-order valence-electron chi connectivity index (χ4n) is 2.18. The number of ketones is 1. The molecule has 0 radical (unpaired) electrons. The minimum atomic E-state index is -0.231. The first-order valence-electron chi connectivity index (χ1n) is 6.23. The van der Waals surface area contributed by atoms with Crippen LogP contribution in [0.5, 0.6) is 0 Å². The quantitative estimate of drug-likeness (QED) is 0.697. The number of rotatable bonds is 5. The van der Waals surface area contributed by atoms with Crippen molar-refractivity contribution in [3.63, 3.8) is 0 Å². The van der Waals surface area contributed by atoms with Gasteiger partial charge >= 0.3 is 0 Å². The van der Waals surface area contributed by atoms with Gasteiger partial charge in [0.05, 0.1) is 5.54 Å². The van der Waals surface area contributed by atoms with Crippen molar-refractivity contribution < 1.29 is 4.79 Å². The molecule has 2 heteroatoms. The number of likely N-dealkylation sites (tertiary alicyclic amines) is 1. The number of carbonyl (C=O) groups is 1. The van der Waals surface area contributed by atoms with Gasteiger partial charge in [0.2, 0.25) is 0 Å². The fraction of sp³-hybridized carbons (Fsp3) is 0.923. The van der Waals surface area contributed by atoms with Gasteiger partial charge in [0.1, 0.15) is 0 Å². The van der Waals surface area contributed by atoms with E-state index in [1.54, 1.807) is 0 Å². The molecule has 0 unspecified atom stereocenters. The highest BCUT2D eigenvalue weighted by molar-refractivity contribution is 5.87. The zero-order chi connectivity index (χ0) is 11.5. The summed E-state index contributed by atoms with van der Waals surface area (Å²) in [6.07, 6.45) is 4.26. The highest BCUT2D eigenvalue weighted by Crippen LogP contribution is 2.24. The predicted molar refractivity (Wildman–Crippen MR) is 64.0 cm³/mol. The lowest BCUT2D eigenvalue weighted by Crippen LogP contribution is -2.48. The molecular formula is C13H25NO. The van der Waals surface area contributed by atoms with Crippen LogP contribution >= 0.6 is 0 Å². The van der Waals surface area contributed by atoms with Crippen molar-refractivity contribution in [2.45, 2.75) is 58.9 Å². The van der Waals surface area contributed by atoms with Crippen LogP contribution in [0.2, 0.25) is 0 Å². The van der Waals surface area contributed by atoms with E-state index in [1.165, 1.54) is 12.8 Å². The molecular weight excluding hydrogens is 186 g/mol. The van der Waals surface area contributed by atoms with E-state index in [0.29, 0.717) is 11.7 Å². The summed E-state index contributed by atoms with van der Waals surface area (Å²) in [5.41, 5.74) is -0.231. The van der Waals surface area contributed by atoms with E-state index >= 15 is 0 Å². The van der Waals surface area contributed by atoms with E-state index in [4.69, 9.17) is 0 Å². The third-order valence-corrected chi connectivity index (χ3v) is 3.53. The van der Waals surface area contributed by atoms with E-state index in [9.17, 15) is 4.79 Å². The van der Waals surface area contributed by atoms with Crippen LogP contribution in [-0.4, -0.2) is 29.3 Å². The van der Waals surface area contributed by atoms with Gasteiger partial charge in [-0.1, -0.05) is 13.8 Å². The molecule has 2 nitrogen and oxygen atoms in total. The largest absolute Gasteiger partial charge is 0.298 e. The van der Waals surface area contributed by atoms with Crippen LogP contribution in [0, 0.1) is 5.92 Å². The van der Waals surface area contributed by atoms with Gasteiger partial charge in [-0.2, -0.15) is 0 Å². The second-order valence-corrected chi connectivity index (χ2v) is 5.61. The molecule has 1 aliphatic heterocycles. The average molecular weight is 211 g/mol. The molecule has 0 aromatic rings. The average Bonchev–Trinajstić information content (AvgIpc) is 2.66. The van der Waals surface area contributed by atoms with Crippen molar-refractivity contribution in [3.8, 4) is 0 Å². The lowest BCUT2D eigenvalue weighted by Gasteiger charge is -2.34. The van der Waals surface area contributed by atoms with E-state index in [1.807, 2.05) is 0 Å². The Labute approximate surface area is 94.0 Å². The maximum atomic E-state index is 12.1. The van der Waals surface area contributed by atoms with Gasteiger partial charge < -0.3 is 0 Å². The van der Waals surface area contributed by atoms with Crippen molar-refractivity contribution in [2.75, 3.05) is 13.1 Å². The summed E-state index contributed by atoms with van der Waals surface area (Å²) < 4.78 is 0. The second-order valence-electron chi connectivity index (χ2n) is 5.61. The molecule has 1 fully saturated rings. The normalized spacial score (nSPS) is 18.7. The zero-order valence-corrected chi connectivity index (χ0v) is 10.7. The molecule has 1 heterocycles. The van der Waals surface area contributed by atoms with Gasteiger partial charge in [0.15, 0.2) is 5.78 Å². The Morgan fingerprint density at radius 1 is 1.27 bits per heavy atom. The molecule has 0 aromatic carbocycles. The van der Waals surface area contributed by atoms with Crippen LogP contribution < -0.4 is 0 Å². The van der Waals surface area contributed by atoms with Crippen LogP contribution in [0.1, 0.15) is 53.4 Å². The highest BCUT2D eigenvalue weighted by atomic mass is 16.1. The molecule has 0 bridgehead atoms. The van der Waals surface area contributed by atoms with Gasteiger partial charge in [-0.25, -0.2) is 0 Å². The van der Waals surface area contributed by atoms with E-state index in [2.05, 4.69) is 32.6 Å². The van der Waals surface area contributed by atoms with Crippen LogP contribution in [0.4, 0.5) is 0 Å². The Kier molecular flexibility index (Phi) is 4.32. The monoisotopic (exact) mass is 211 g/mol. The number of hydrogen-bond donors (Lipinski definition) is 0. The fourth-order valence-corrected chi connectivity index (χ4v) is 2.18. The Morgan fingerprint density at radius 3 is 2.27 bits per heavy atom. The molecule has 0 N–H and O–H groups in total. The third-order valence-electron chi connectivity index (χ3n) is 3.53. The molecule has 0 saturated carbocycles. The van der Waals surface area contributed by atoms with Crippen molar-refractivity contribution >= 4 is 5.78 Å². The first-order chi connectivity index (χ1) is 6.94. The molecule has 1 aliphatic rings. The third kappa shape index (κ3) is 3.30. The van der Waals surface area contributed by atoms with E-state index in [-0.39, 0.29) is 5.54 Å². The Bertz CT molecular complexity index is 215. The first-order valence-corrected chi connectivity index (χ1v) is 6.23. The van der Waals surface area contributed by atoms with Gasteiger partial charge in [-0.3, -0.25) is 9.69 Å². The first kappa shape index (κ1) is 12.7. The topological polar surface area (TPSA) is 20.3 Å². The number of nitrogens with zero attached hydrogens (tertiary/aromatic N) is 1. The minimum Gasteiger partial charge on any atom is -0.298 e. The van der Waals surface area contributed by atoms with Crippen LogP contribution in [0.3, 0.4) is 0 Å². The molecule has 1 rings (SSSR count). The molecule has 15 heavy (non-hydrogen) atoms. The van der Waals surface area contributed by atoms with Crippen LogP contribution in [0.15, 0.2) is 0 Å². The summed E-state index contributed by atoms with van der Waals surface area (Å²) in [6.45, 7) is 10.7. The van der Waals surface area contributed by atoms with E-state index < -0.39 is 0 Å². The summed E-state index contributed by atoms with van der Waals surface area (Å²) in [4.78, 5) is 14.5. The molecule has 0 aromatic heterocycles. The summed E-state index contributed by atoms with van der Waals surface area (Å²) >= 11 is 0. The van der Waals surface area contributed by atoms with Gasteiger partial charge in [-0.15, -0.1) is 0 Å². The van der Waals surface area contributed by atoms with Crippen molar-refractivity contribution in [1.29, 1.82) is 0 Å². The predicted octanol–water partition coefficient (Wildman–Crippen LogP) is 2.87. The summed E-state index contributed by atoms with van der Waals surface area (Å²) in [7, 11) is 0. The van der Waals surface area contributed by atoms with Crippen molar-refractivity contribution in [2.24, 2.45) is 5.92 Å².